The van der Waals surface area contributed by atoms with E-state index in [1.807, 2.05) is 12.2 Å². The zero-order valence-electron chi connectivity index (χ0n) is 14.6. The van der Waals surface area contributed by atoms with Crippen molar-refractivity contribution in [3.8, 4) is 0 Å². The fourth-order valence-corrected chi connectivity index (χ4v) is 2.86. The smallest absolute Gasteiger partial charge is 0.145 e. The molecule has 0 saturated heterocycles. The van der Waals surface area contributed by atoms with Crippen molar-refractivity contribution in [1.82, 2.24) is 0 Å². The minimum absolute atomic E-state index is 0.226. The van der Waals surface area contributed by atoms with Crippen LogP contribution >= 0.6 is 0 Å². The lowest BCUT2D eigenvalue weighted by atomic mass is 9.96. The van der Waals surface area contributed by atoms with Crippen LogP contribution in [-0.2, 0) is 14.4 Å². The van der Waals surface area contributed by atoms with E-state index in [9.17, 15) is 14.4 Å². The zero-order valence-corrected chi connectivity index (χ0v) is 14.6. The highest BCUT2D eigenvalue weighted by atomic mass is 16.1. The summed E-state index contributed by atoms with van der Waals surface area (Å²) >= 11 is 0. The largest absolute Gasteiger partial charge is 0.303 e. The van der Waals surface area contributed by atoms with E-state index in [0.29, 0.717) is 5.92 Å². The van der Waals surface area contributed by atoms with Crippen LogP contribution in [0.4, 0.5) is 0 Å². The second-order valence-corrected chi connectivity index (χ2v) is 6.48. The highest BCUT2D eigenvalue weighted by molar-refractivity contribution is 5.73. The first-order chi connectivity index (χ1) is 11.8. The van der Waals surface area contributed by atoms with Gasteiger partial charge in [0.05, 0.1) is 0 Å². The average Bonchev–Trinajstić information content (AvgIpc) is 2.71. The maximum atomic E-state index is 10.1. The van der Waals surface area contributed by atoms with Gasteiger partial charge in [0.2, 0.25) is 0 Å². The van der Waals surface area contributed by atoms with Crippen molar-refractivity contribution in [3.63, 3.8) is 0 Å². The van der Waals surface area contributed by atoms with Crippen LogP contribution in [0.1, 0.15) is 64.2 Å². The van der Waals surface area contributed by atoms with Gasteiger partial charge in [0.1, 0.15) is 18.9 Å². The first-order valence-corrected chi connectivity index (χ1v) is 9.16. The lowest BCUT2D eigenvalue weighted by Gasteiger charge is -2.08. The molecule has 0 saturated carbocycles. The molecule has 2 unspecified atom stereocenters. The first kappa shape index (κ1) is 20.3. The Morgan fingerprint density at radius 1 is 0.833 bits per heavy atom. The van der Waals surface area contributed by atoms with Crippen LogP contribution in [0.15, 0.2) is 36.0 Å². The highest BCUT2D eigenvalue weighted by Crippen LogP contribution is 2.15. The Bertz CT molecular complexity index is 460. The molecule has 3 aliphatic carbocycles. The molecule has 3 heteroatoms. The molecular formula is C21H30O3. The monoisotopic (exact) mass is 330 g/mol. The lowest BCUT2D eigenvalue weighted by molar-refractivity contribution is -0.111. The van der Waals surface area contributed by atoms with E-state index in [0.717, 1.165) is 69.4 Å². The first-order valence-electron chi connectivity index (χ1n) is 9.16. The highest BCUT2D eigenvalue weighted by Gasteiger charge is 2.06. The Kier molecular flexibility index (Phi) is 11.5. The van der Waals surface area contributed by atoms with Gasteiger partial charge >= 0.3 is 0 Å². The van der Waals surface area contributed by atoms with Gasteiger partial charge in [-0.15, -0.1) is 0 Å². The topological polar surface area (TPSA) is 51.2 Å². The summed E-state index contributed by atoms with van der Waals surface area (Å²) in [6.07, 6.45) is 24.5. The van der Waals surface area contributed by atoms with E-state index >= 15 is 0 Å². The molecule has 24 heavy (non-hydrogen) atoms. The van der Waals surface area contributed by atoms with Crippen molar-refractivity contribution in [2.24, 2.45) is 11.8 Å². The molecule has 0 N–H and O–H groups in total. The predicted octanol–water partition coefficient (Wildman–Crippen LogP) is 4.77. The molecule has 0 fully saturated rings. The van der Waals surface area contributed by atoms with Gasteiger partial charge in [-0.25, -0.2) is 0 Å². The minimum atomic E-state index is 0.226. The van der Waals surface area contributed by atoms with E-state index in [4.69, 9.17) is 0 Å². The van der Waals surface area contributed by atoms with Gasteiger partial charge in [-0.1, -0.05) is 30.4 Å². The fraction of sp³-hybridized carbons (Fsp3) is 0.571. The van der Waals surface area contributed by atoms with Crippen molar-refractivity contribution in [3.05, 3.63) is 36.0 Å². The van der Waals surface area contributed by atoms with E-state index in [1.165, 1.54) is 19.3 Å². The molecule has 0 radical (unpaired) electrons. The summed E-state index contributed by atoms with van der Waals surface area (Å²) in [7, 11) is 0. The number of hydrogen-bond donors (Lipinski definition) is 0. The van der Waals surface area contributed by atoms with Crippen LogP contribution < -0.4 is 0 Å². The average molecular weight is 330 g/mol. The molecule has 0 aromatic carbocycles. The van der Waals surface area contributed by atoms with E-state index in [-0.39, 0.29) is 5.92 Å². The van der Waals surface area contributed by atoms with Gasteiger partial charge in [0, 0.05) is 11.8 Å². The Labute approximate surface area is 145 Å². The van der Waals surface area contributed by atoms with Crippen LogP contribution in [0.25, 0.3) is 0 Å². The molecular weight excluding hydrogens is 300 g/mol. The molecule has 0 aliphatic heterocycles. The van der Waals surface area contributed by atoms with Crippen LogP contribution in [0.5, 0.6) is 0 Å². The Balaban J connectivity index is 0.000000180. The Hall–Kier alpha value is -1.77. The van der Waals surface area contributed by atoms with Crippen LogP contribution in [-0.4, -0.2) is 18.9 Å². The van der Waals surface area contributed by atoms with E-state index < -0.39 is 0 Å². The SMILES string of the molecule is O=CC1=CCCCC1.O=CC1C=CCCC1.O=CC1CC=CCC1. The Morgan fingerprint density at radius 3 is 2.08 bits per heavy atom. The molecule has 2 atom stereocenters. The zero-order chi connectivity index (χ0) is 17.5. The molecule has 0 aromatic rings. The van der Waals surface area contributed by atoms with Gasteiger partial charge in [0.25, 0.3) is 0 Å². The fourth-order valence-electron chi connectivity index (χ4n) is 2.86. The molecule has 0 aromatic heterocycles. The van der Waals surface area contributed by atoms with Crippen molar-refractivity contribution in [2.45, 2.75) is 64.2 Å². The molecule has 132 valence electrons. The third-order valence-electron chi connectivity index (χ3n) is 4.45. The van der Waals surface area contributed by atoms with Gasteiger partial charge < -0.3 is 9.59 Å². The number of hydrogen-bond acceptors (Lipinski definition) is 3. The molecule has 3 aliphatic rings. The molecule has 0 spiro atoms. The van der Waals surface area contributed by atoms with Gasteiger partial charge in [-0.2, -0.15) is 0 Å². The number of carbonyl (C=O) groups is 3. The quantitative estimate of drug-likeness (QED) is 0.553. The number of carbonyl (C=O) groups excluding carboxylic acids is 3. The van der Waals surface area contributed by atoms with Crippen molar-refractivity contribution >= 4 is 18.9 Å². The number of rotatable bonds is 3. The predicted molar refractivity (Wildman–Crippen MR) is 97.7 cm³/mol. The summed E-state index contributed by atoms with van der Waals surface area (Å²) in [6.45, 7) is 0. The van der Waals surface area contributed by atoms with Gasteiger partial charge in [-0.05, 0) is 69.8 Å². The van der Waals surface area contributed by atoms with Gasteiger partial charge in [-0.3, -0.25) is 4.79 Å². The molecule has 0 bridgehead atoms. The van der Waals surface area contributed by atoms with Crippen LogP contribution in [0.2, 0.25) is 0 Å². The second-order valence-electron chi connectivity index (χ2n) is 6.48. The van der Waals surface area contributed by atoms with Gasteiger partial charge in [0.15, 0.2) is 0 Å². The molecule has 3 rings (SSSR count). The molecule has 0 heterocycles. The molecule has 0 amide bonds. The second kappa shape index (κ2) is 13.6. The van der Waals surface area contributed by atoms with Crippen molar-refractivity contribution in [2.75, 3.05) is 0 Å². The van der Waals surface area contributed by atoms with Crippen molar-refractivity contribution in [1.29, 1.82) is 0 Å². The summed E-state index contributed by atoms with van der Waals surface area (Å²) in [5, 5.41) is 0. The van der Waals surface area contributed by atoms with Crippen LogP contribution in [0.3, 0.4) is 0 Å². The normalized spacial score (nSPS) is 25.1. The summed E-state index contributed by atoms with van der Waals surface area (Å²) in [4.78, 5) is 30.3. The Morgan fingerprint density at radius 2 is 1.71 bits per heavy atom. The maximum absolute atomic E-state index is 10.1. The van der Waals surface area contributed by atoms with E-state index in [2.05, 4.69) is 18.2 Å². The van der Waals surface area contributed by atoms with E-state index in [1.54, 1.807) is 0 Å². The summed E-state index contributed by atoms with van der Waals surface area (Å²) in [6, 6.07) is 0. The minimum Gasteiger partial charge on any atom is -0.303 e. The lowest BCUT2D eigenvalue weighted by Crippen LogP contribution is -2.02. The standard InChI is InChI=1S/3C7H10O/c3*8-6-7-4-2-1-3-5-7/h4,6H,1-3,5H2;2,4,6-7H,1,3,5H2;1-2,6-7H,3-5H2. The van der Waals surface area contributed by atoms with Crippen molar-refractivity contribution < 1.29 is 14.4 Å². The van der Waals surface area contributed by atoms with Crippen LogP contribution in [0, 0.1) is 11.8 Å². The number of aldehydes is 3. The summed E-state index contributed by atoms with van der Waals surface area (Å²) < 4.78 is 0. The molecule has 3 nitrogen and oxygen atoms in total. The summed E-state index contributed by atoms with van der Waals surface area (Å²) in [5.74, 6) is 0.545. The number of allylic oxidation sites excluding steroid dienone is 6. The third-order valence-corrected chi connectivity index (χ3v) is 4.45. The summed E-state index contributed by atoms with van der Waals surface area (Å²) in [5.41, 5.74) is 0.997. The maximum Gasteiger partial charge on any atom is 0.145 e. The third kappa shape index (κ3) is 9.39.